The average Bonchev–Trinajstić information content (AvgIpc) is 3.48. The number of hydrogen-bond acceptors (Lipinski definition) is 6. The number of carbonyl (C=O) groups excluding carboxylic acids is 2. The summed E-state index contributed by atoms with van der Waals surface area (Å²) in [5.74, 6) is -0.383. The van der Waals surface area contributed by atoms with E-state index in [4.69, 9.17) is 32.7 Å². The van der Waals surface area contributed by atoms with Gasteiger partial charge in [0.1, 0.15) is 11.8 Å². The highest BCUT2D eigenvalue weighted by atomic mass is 79.9. The Morgan fingerprint density at radius 1 is 1.18 bits per heavy atom. The molecule has 0 spiro atoms. The number of aromatic nitrogens is 3. The molecule has 1 saturated heterocycles. The molecular weight excluding hydrogens is 549 g/mol. The summed E-state index contributed by atoms with van der Waals surface area (Å²) in [6.07, 6.45) is 3.24. The van der Waals surface area contributed by atoms with Crippen LogP contribution in [0.3, 0.4) is 0 Å². The van der Waals surface area contributed by atoms with E-state index in [0.717, 1.165) is 12.8 Å². The number of anilines is 1. The Morgan fingerprint density at radius 3 is 2.65 bits per heavy atom. The number of nitrogens with zero attached hydrogens (tertiary/aromatic N) is 3. The first kappa shape index (κ1) is 23.1. The molecule has 2 fully saturated rings. The minimum Gasteiger partial charge on any atom is -0.468 e. The van der Waals surface area contributed by atoms with Crippen molar-refractivity contribution in [2.75, 3.05) is 18.5 Å². The van der Waals surface area contributed by atoms with Crippen molar-refractivity contribution in [3.05, 3.63) is 62.3 Å². The Balaban J connectivity index is 1.50. The van der Waals surface area contributed by atoms with Crippen LogP contribution in [-0.2, 0) is 4.74 Å². The van der Waals surface area contributed by atoms with Gasteiger partial charge in [0.15, 0.2) is 5.82 Å². The van der Waals surface area contributed by atoms with E-state index in [1.807, 2.05) is 0 Å². The predicted octanol–water partition coefficient (Wildman–Crippen LogP) is 4.26. The lowest BCUT2D eigenvalue weighted by Crippen LogP contribution is -2.38. The minimum atomic E-state index is -0.544. The normalized spacial score (nSPS) is 15.5. The number of halogens is 3. The number of pyridine rings is 1. The second-order valence-electron chi connectivity index (χ2n) is 7.88. The van der Waals surface area contributed by atoms with Gasteiger partial charge in [-0.05, 0) is 53.0 Å². The van der Waals surface area contributed by atoms with Crippen LogP contribution in [-0.4, -0.2) is 51.9 Å². The lowest BCUT2D eigenvalue weighted by molar-refractivity contribution is -0.0814. The number of rotatable bonds is 7. The van der Waals surface area contributed by atoms with Gasteiger partial charge in [-0.2, -0.15) is 0 Å². The lowest BCUT2D eigenvalue weighted by atomic mass is 10.1. The van der Waals surface area contributed by atoms with Crippen molar-refractivity contribution in [1.29, 1.82) is 0 Å². The largest absolute Gasteiger partial charge is 0.468 e. The standard InChI is InChI=1S/C22H18BrCl2N5O4/c23-15-7-11(24)6-14(21(31)27-12-3-4-12)19(15)28-22(32)17-8-18(34-13-9-33-10-13)29-30(17)20-16(25)2-1-5-26-20/h1-2,5-8,12-13H,3-4,9-10H2,(H,27,31)(H,28,32). The molecule has 9 nitrogen and oxygen atoms in total. The Morgan fingerprint density at radius 2 is 1.97 bits per heavy atom. The Labute approximate surface area is 212 Å². The van der Waals surface area contributed by atoms with Crippen LogP contribution >= 0.6 is 39.1 Å². The Bertz CT molecular complexity index is 1280. The summed E-state index contributed by atoms with van der Waals surface area (Å²) in [6, 6.07) is 8.06. The van der Waals surface area contributed by atoms with Crippen molar-refractivity contribution >= 4 is 56.6 Å². The molecule has 0 bridgehead atoms. The smallest absolute Gasteiger partial charge is 0.274 e. The summed E-state index contributed by atoms with van der Waals surface area (Å²) in [6.45, 7) is 0.881. The van der Waals surface area contributed by atoms with Crippen LogP contribution < -0.4 is 15.4 Å². The van der Waals surface area contributed by atoms with Gasteiger partial charge in [0.25, 0.3) is 11.8 Å². The van der Waals surface area contributed by atoms with E-state index < -0.39 is 5.91 Å². The summed E-state index contributed by atoms with van der Waals surface area (Å²) in [5.41, 5.74) is 0.637. The Hall–Kier alpha value is -2.66. The minimum absolute atomic E-state index is 0.117. The summed E-state index contributed by atoms with van der Waals surface area (Å²) >= 11 is 15.9. The zero-order valence-corrected chi connectivity index (χ0v) is 20.7. The zero-order valence-electron chi connectivity index (χ0n) is 17.6. The molecule has 3 aromatic rings. The Kier molecular flexibility index (Phi) is 6.48. The molecular formula is C22H18BrCl2N5O4. The highest BCUT2D eigenvalue weighted by molar-refractivity contribution is 9.10. The first-order valence-corrected chi connectivity index (χ1v) is 12.0. The number of nitrogens with one attached hydrogen (secondary N) is 2. The van der Waals surface area contributed by atoms with Crippen molar-refractivity contribution in [2.45, 2.75) is 25.0 Å². The second kappa shape index (κ2) is 9.53. The monoisotopic (exact) mass is 565 g/mol. The van der Waals surface area contributed by atoms with Gasteiger partial charge in [-0.15, -0.1) is 5.10 Å². The molecule has 12 heteroatoms. The van der Waals surface area contributed by atoms with E-state index in [2.05, 4.69) is 36.6 Å². The van der Waals surface area contributed by atoms with E-state index in [1.165, 1.54) is 16.8 Å². The van der Waals surface area contributed by atoms with Gasteiger partial charge < -0.3 is 20.1 Å². The molecule has 2 N–H and O–H groups in total. The quantitative estimate of drug-likeness (QED) is 0.442. The summed E-state index contributed by atoms with van der Waals surface area (Å²) in [7, 11) is 0. The second-order valence-corrected chi connectivity index (χ2v) is 9.58. The van der Waals surface area contributed by atoms with E-state index in [-0.39, 0.29) is 46.7 Å². The third kappa shape index (κ3) is 4.90. The van der Waals surface area contributed by atoms with Gasteiger partial charge in [-0.3, -0.25) is 9.59 Å². The van der Waals surface area contributed by atoms with Crippen LogP contribution in [0.4, 0.5) is 5.69 Å². The topological polar surface area (TPSA) is 107 Å². The van der Waals surface area contributed by atoms with Crippen LogP contribution in [0.15, 0.2) is 41.0 Å². The van der Waals surface area contributed by atoms with Gasteiger partial charge >= 0.3 is 0 Å². The highest BCUT2D eigenvalue weighted by Crippen LogP contribution is 2.33. The third-order valence-electron chi connectivity index (χ3n) is 5.20. The number of hydrogen-bond donors (Lipinski definition) is 2. The molecule has 0 radical (unpaired) electrons. The average molecular weight is 567 g/mol. The fraction of sp³-hybridized carbons (Fsp3) is 0.273. The van der Waals surface area contributed by atoms with Crippen molar-refractivity contribution in [3.63, 3.8) is 0 Å². The summed E-state index contributed by atoms with van der Waals surface area (Å²) in [5, 5.41) is 10.8. The van der Waals surface area contributed by atoms with Gasteiger partial charge in [0.05, 0.1) is 29.5 Å². The van der Waals surface area contributed by atoms with E-state index in [1.54, 1.807) is 24.4 Å². The van der Waals surface area contributed by atoms with E-state index >= 15 is 0 Å². The first-order valence-electron chi connectivity index (χ1n) is 10.5. The molecule has 0 unspecified atom stereocenters. The van der Waals surface area contributed by atoms with Crippen LogP contribution in [0.2, 0.25) is 10.0 Å². The zero-order chi connectivity index (χ0) is 23.8. The molecule has 3 heterocycles. The van der Waals surface area contributed by atoms with Crippen LogP contribution in [0.25, 0.3) is 5.82 Å². The molecule has 176 valence electrons. The van der Waals surface area contributed by atoms with Crippen molar-refractivity contribution in [2.24, 2.45) is 0 Å². The lowest BCUT2D eigenvalue weighted by Gasteiger charge is -2.25. The van der Waals surface area contributed by atoms with E-state index in [9.17, 15) is 9.59 Å². The molecule has 2 aromatic heterocycles. The SMILES string of the molecule is O=C(NC1CC1)c1cc(Cl)cc(Br)c1NC(=O)c1cc(OC2COC2)nn1-c1ncccc1Cl. The maximum absolute atomic E-state index is 13.4. The van der Waals surface area contributed by atoms with E-state index in [0.29, 0.717) is 27.7 Å². The first-order chi connectivity index (χ1) is 16.4. The van der Waals surface area contributed by atoms with Gasteiger partial charge in [-0.1, -0.05) is 23.2 Å². The third-order valence-corrected chi connectivity index (χ3v) is 6.34. The molecule has 2 amide bonds. The predicted molar refractivity (Wildman–Crippen MR) is 129 cm³/mol. The molecule has 2 aliphatic rings. The maximum Gasteiger partial charge on any atom is 0.274 e. The summed E-state index contributed by atoms with van der Waals surface area (Å²) in [4.78, 5) is 30.5. The van der Waals surface area contributed by atoms with Gasteiger partial charge in [-0.25, -0.2) is 9.67 Å². The van der Waals surface area contributed by atoms with Crippen LogP contribution in [0.5, 0.6) is 5.88 Å². The number of carbonyl (C=O) groups is 2. The fourth-order valence-electron chi connectivity index (χ4n) is 3.27. The maximum atomic E-state index is 13.4. The fourth-order valence-corrected chi connectivity index (χ4v) is 4.39. The molecule has 1 aliphatic carbocycles. The number of ether oxygens (including phenoxy) is 2. The van der Waals surface area contributed by atoms with Crippen LogP contribution in [0.1, 0.15) is 33.7 Å². The molecule has 1 aromatic carbocycles. The molecule has 0 atom stereocenters. The van der Waals surface area contributed by atoms with Crippen molar-refractivity contribution < 1.29 is 19.1 Å². The molecule has 1 aliphatic heterocycles. The molecule has 34 heavy (non-hydrogen) atoms. The van der Waals surface area contributed by atoms with Gasteiger partial charge in [0, 0.05) is 27.8 Å². The molecule has 1 saturated carbocycles. The molecule has 5 rings (SSSR count). The van der Waals surface area contributed by atoms with Crippen LogP contribution in [0, 0.1) is 0 Å². The highest BCUT2D eigenvalue weighted by Gasteiger charge is 2.28. The van der Waals surface area contributed by atoms with Crippen molar-refractivity contribution in [1.82, 2.24) is 20.1 Å². The van der Waals surface area contributed by atoms with Gasteiger partial charge in [0.2, 0.25) is 5.88 Å². The van der Waals surface area contributed by atoms with Crippen molar-refractivity contribution in [3.8, 4) is 11.7 Å². The number of benzene rings is 1. The number of amides is 2. The summed E-state index contributed by atoms with van der Waals surface area (Å²) < 4.78 is 12.7.